The Kier molecular flexibility index (Phi) is 48.4. The molecule has 0 radical (unpaired) electrons. The summed E-state index contributed by atoms with van der Waals surface area (Å²) in [6.45, 7) is 4.56. The van der Waals surface area contributed by atoms with E-state index in [1.165, 1.54) is 32.1 Å². The minimum Gasteiger partial charge on any atom is -0.477 e. The summed E-state index contributed by atoms with van der Waals surface area (Å²) in [4.78, 5) is 37.4. The van der Waals surface area contributed by atoms with Gasteiger partial charge in [-0.15, -0.1) is 0 Å². The summed E-state index contributed by atoms with van der Waals surface area (Å²) >= 11 is 0. The van der Waals surface area contributed by atoms with Crippen LogP contribution in [0.15, 0.2) is 134 Å². The van der Waals surface area contributed by atoms with Gasteiger partial charge >= 0.3 is 17.9 Å². The number of likely N-dealkylation sites (N-methyl/N-ethyl adjacent to an activating group) is 1. The molecule has 0 aliphatic carbocycles. The van der Waals surface area contributed by atoms with Gasteiger partial charge in [0.25, 0.3) is 6.29 Å². The Hall–Kier alpha value is -4.57. The topological polar surface area (TPSA) is 108 Å². The molecule has 2 unspecified atom stereocenters. The van der Waals surface area contributed by atoms with Gasteiger partial charge in [0, 0.05) is 12.8 Å². The Morgan fingerprint density at radius 3 is 1.15 bits per heavy atom. The van der Waals surface area contributed by atoms with Crippen molar-refractivity contribution in [2.45, 2.75) is 193 Å². The first-order chi connectivity index (χ1) is 34.6. The van der Waals surface area contributed by atoms with Crippen molar-refractivity contribution in [3.05, 3.63) is 134 Å². The van der Waals surface area contributed by atoms with E-state index in [4.69, 9.17) is 18.9 Å². The van der Waals surface area contributed by atoms with E-state index < -0.39 is 24.3 Å². The lowest BCUT2D eigenvalue weighted by Crippen LogP contribution is -2.40. The number of carbonyl (C=O) groups excluding carboxylic acids is 2. The molecular formula is C62H100NO8+. The Morgan fingerprint density at radius 2 is 0.761 bits per heavy atom. The quantitative estimate of drug-likeness (QED) is 0.0211. The average Bonchev–Trinajstić information content (AvgIpc) is 3.34. The van der Waals surface area contributed by atoms with E-state index in [0.29, 0.717) is 17.4 Å². The summed E-state index contributed by atoms with van der Waals surface area (Å²) in [5.41, 5.74) is 0. The van der Waals surface area contributed by atoms with Gasteiger partial charge in [-0.1, -0.05) is 192 Å². The number of rotatable bonds is 48. The number of carboxylic acid groups (broad SMARTS) is 1. The molecule has 0 heterocycles. The zero-order valence-electron chi connectivity index (χ0n) is 45.3. The molecule has 2 atom stereocenters. The van der Waals surface area contributed by atoms with E-state index >= 15 is 0 Å². The van der Waals surface area contributed by atoms with Crippen molar-refractivity contribution in [2.75, 3.05) is 47.5 Å². The fraction of sp³-hybridized carbons (Fsp3) is 0.597. The summed E-state index contributed by atoms with van der Waals surface area (Å²) in [5.74, 6) is -2.09. The third-order valence-corrected chi connectivity index (χ3v) is 10.9. The van der Waals surface area contributed by atoms with Crippen LogP contribution in [0.3, 0.4) is 0 Å². The first-order valence-electron chi connectivity index (χ1n) is 27.3. The smallest absolute Gasteiger partial charge is 0.361 e. The number of nitrogens with zero attached hydrogens (tertiary/aromatic N) is 1. The van der Waals surface area contributed by atoms with Gasteiger partial charge in [-0.05, 0) is 109 Å². The van der Waals surface area contributed by atoms with Gasteiger partial charge < -0.3 is 28.5 Å². The molecule has 0 spiro atoms. The normalized spacial score (nSPS) is 13.9. The molecule has 0 saturated carbocycles. The number of aliphatic carboxylic acids is 1. The zero-order valence-corrected chi connectivity index (χ0v) is 45.3. The van der Waals surface area contributed by atoms with Crippen molar-refractivity contribution in [1.82, 2.24) is 0 Å². The van der Waals surface area contributed by atoms with Gasteiger partial charge in [0.1, 0.15) is 13.2 Å². The molecule has 0 bridgehead atoms. The minimum atomic E-state index is -1.53. The standard InChI is InChI=1S/C62H99NO8/c1-6-8-10-12-14-16-18-20-22-24-26-28-29-30-31-33-34-36-38-40-42-44-46-48-50-52-59(64)69-56-58(57-70-62(61(66)67)68-55-54-63(3,4)5)71-60(65)53-51-49-47-45-43-41-39-37-35-32-27-25-23-21-19-17-15-13-11-9-7-2/h8-11,14-17,20-23,26-28,30-32,37,39,43,45,58,62H,6-7,12-13,18-19,24-25,29,33-36,38,40-42,44,46-57H2,1-5H3/p+1/b10-8-,11-9-,16-14-,17-15-,22-20-,23-21-,28-26-,31-30-,32-27-,39-37-,45-43-. The number of quaternary nitrogens is 1. The summed E-state index contributed by atoms with van der Waals surface area (Å²) < 4.78 is 22.8. The number of allylic oxidation sites excluding steroid dienone is 22. The van der Waals surface area contributed by atoms with Crippen molar-refractivity contribution in [1.29, 1.82) is 0 Å². The number of hydrogen-bond acceptors (Lipinski definition) is 7. The molecule has 0 aromatic carbocycles. The molecule has 0 rings (SSSR count). The van der Waals surface area contributed by atoms with Crippen LogP contribution in [0.5, 0.6) is 0 Å². The van der Waals surface area contributed by atoms with Gasteiger partial charge in [-0.25, -0.2) is 4.79 Å². The Balaban J connectivity index is 4.41. The molecule has 0 aromatic heterocycles. The fourth-order valence-electron chi connectivity index (χ4n) is 6.75. The summed E-state index contributed by atoms with van der Waals surface area (Å²) in [5, 5.41) is 9.69. The highest BCUT2D eigenvalue weighted by atomic mass is 16.7. The van der Waals surface area contributed by atoms with Crippen LogP contribution < -0.4 is 0 Å². The molecule has 0 fully saturated rings. The van der Waals surface area contributed by atoms with E-state index in [1.807, 2.05) is 21.1 Å². The van der Waals surface area contributed by atoms with Crippen LogP contribution in [0.1, 0.15) is 181 Å². The molecule has 9 nitrogen and oxygen atoms in total. The highest BCUT2D eigenvalue weighted by Crippen LogP contribution is 2.13. The van der Waals surface area contributed by atoms with Crippen LogP contribution >= 0.6 is 0 Å². The number of carboxylic acids is 1. The molecule has 0 amide bonds. The second kappa shape index (κ2) is 51.8. The lowest BCUT2D eigenvalue weighted by atomic mass is 10.1. The highest BCUT2D eigenvalue weighted by Gasteiger charge is 2.25. The van der Waals surface area contributed by atoms with Gasteiger partial charge in [0.15, 0.2) is 6.10 Å². The SMILES string of the molecule is CC/C=C\C/C=C\C/C=C\C/C=C\C/C=C\C/C=C\CCCCC(=O)OC(COC(=O)CCCCCCCCCCC/C=C\C/C=C\C/C=C\C/C=C\C/C=C\CC)COC(OCC[N+](C)(C)C)C(=O)O. The minimum absolute atomic E-state index is 0.170. The van der Waals surface area contributed by atoms with Crippen LogP contribution in [0.2, 0.25) is 0 Å². The number of ether oxygens (including phenoxy) is 4. The van der Waals surface area contributed by atoms with E-state index in [0.717, 1.165) is 116 Å². The highest BCUT2D eigenvalue weighted by molar-refractivity contribution is 5.71. The van der Waals surface area contributed by atoms with Crippen molar-refractivity contribution >= 4 is 17.9 Å². The Labute approximate surface area is 433 Å². The number of carbonyl (C=O) groups is 3. The van der Waals surface area contributed by atoms with E-state index in [1.54, 1.807) is 0 Å². The predicted octanol–water partition coefficient (Wildman–Crippen LogP) is 15.9. The van der Waals surface area contributed by atoms with Crippen LogP contribution in [0.4, 0.5) is 0 Å². The van der Waals surface area contributed by atoms with Crippen molar-refractivity contribution < 1.29 is 42.9 Å². The Bertz CT molecular complexity index is 1620. The second-order valence-corrected chi connectivity index (χ2v) is 18.8. The van der Waals surface area contributed by atoms with Crippen molar-refractivity contribution in [3.63, 3.8) is 0 Å². The largest absolute Gasteiger partial charge is 0.477 e. The van der Waals surface area contributed by atoms with Gasteiger partial charge in [-0.2, -0.15) is 0 Å². The maximum atomic E-state index is 12.8. The monoisotopic (exact) mass is 987 g/mol. The molecule has 1 N–H and O–H groups in total. The summed E-state index contributed by atoms with van der Waals surface area (Å²) in [6.07, 6.45) is 70.9. The molecule has 9 heteroatoms. The molecule has 0 saturated heterocycles. The fourth-order valence-corrected chi connectivity index (χ4v) is 6.75. The summed E-state index contributed by atoms with van der Waals surface area (Å²) in [7, 11) is 5.93. The Morgan fingerprint density at radius 1 is 0.423 bits per heavy atom. The molecule has 0 aliphatic rings. The lowest BCUT2D eigenvalue weighted by molar-refractivity contribution is -0.870. The van der Waals surface area contributed by atoms with Gasteiger partial charge in [0.05, 0.1) is 34.4 Å². The van der Waals surface area contributed by atoms with E-state index in [-0.39, 0.29) is 38.6 Å². The van der Waals surface area contributed by atoms with Crippen molar-refractivity contribution in [3.8, 4) is 0 Å². The molecule has 0 aliphatic heterocycles. The third-order valence-electron chi connectivity index (χ3n) is 10.9. The number of hydrogen-bond donors (Lipinski definition) is 1. The van der Waals surface area contributed by atoms with E-state index in [9.17, 15) is 19.5 Å². The average molecular weight is 987 g/mol. The molecule has 71 heavy (non-hydrogen) atoms. The third kappa shape index (κ3) is 53.1. The number of esters is 2. The zero-order chi connectivity index (χ0) is 52.0. The second-order valence-electron chi connectivity index (χ2n) is 18.8. The van der Waals surface area contributed by atoms with Crippen LogP contribution in [-0.2, 0) is 33.3 Å². The van der Waals surface area contributed by atoms with Crippen LogP contribution in [0.25, 0.3) is 0 Å². The molecule has 0 aromatic rings. The maximum absolute atomic E-state index is 12.8. The van der Waals surface area contributed by atoms with Gasteiger partial charge in [0.2, 0.25) is 0 Å². The first-order valence-corrected chi connectivity index (χ1v) is 27.3. The predicted molar refractivity (Wildman–Crippen MR) is 299 cm³/mol. The van der Waals surface area contributed by atoms with Crippen LogP contribution in [-0.4, -0.2) is 87.4 Å². The lowest BCUT2D eigenvalue weighted by Gasteiger charge is -2.25. The molecule has 400 valence electrons. The summed E-state index contributed by atoms with van der Waals surface area (Å²) in [6, 6.07) is 0. The molecular weight excluding hydrogens is 887 g/mol. The van der Waals surface area contributed by atoms with Crippen LogP contribution in [0, 0.1) is 0 Å². The maximum Gasteiger partial charge on any atom is 0.361 e. The van der Waals surface area contributed by atoms with E-state index in [2.05, 4.69) is 148 Å². The van der Waals surface area contributed by atoms with Crippen molar-refractivity contribution in [2.24, 2.45) is 0 Å². The van der Waals surface area contributed by atoms with Gasteiger partial charge in [-0.3, -0.25) is 9.59 Å². The first kappa shape index (κ1) is 66.4. The number of unbranched alkanes of at least 4 members (excludes halogenated alkanes) is 11.